The maximum Gasteiger partial charge on any atom is 0.261 e. The van der Waals surface area contributed by atoms with Crippen LogP contribution in [0.1, 0.15) is 27.1 Å². The predicted octanol–water partition coefficient (Wildman–Crippen LogP) is 5.21. The number of amides is 2. The molecule has 4 aromatic rings. The lowest BCUT2D eigenvalue weighted by Gasteiger charge is -2.29. The summed E-state index contributed by atoms with van der Waals surface area (Å²) in [4.78, 5) is 30.3. The lowest BCUT2D eigenvalue weighted by Crippen LogP contribution is -2.43. The minimum Gasteiger partial charge on any atom is -0.399 e. The van der Waals surface area contributed by atoms with E-state index in [4.69, 9.17) is 5.73 Å². The zero-order valence-corrected chi connectivity index (χ0v) is 18.8. The van der Waals surface area contributed by atoms with Crippen molar-refractivity contribution in [2.45, 2.75) is 6.42 Å². The van der Waals surface area contributed by atoms with Crippen molar-refractivity contribution in [3.8, 4) is 11.1 Å². The van der Waals surface area contributed by atoms with E-state index >= 15 is 0 Å². The van der Waals surface area contributed by atoms with Gasteiger partial charge in [0, 0.05) is 47.5 Å². The van der Waals surface area contributed by atoms with E-state index in [0.717, 1.165) is 52.8 Å². The van der Waals surface area contributed by atoms with Crippen molar-refractivity contribution in [1.29, 1.82) is 0 Å². The third kappa shape index (κ3) is 3.41. The Hall–Kier alpha value is -4.12. The molecule has 2 aliphatic rings. The summed E-state index contributed by atoms with van der Waals surface area (Å²) in [6, 6.07) is 27.8. The van der Waals surface area contributed by atoms with Gasteiger partial charge in [-0.2, -0.15) is 0 Å². The molecule has 2 heterocycles. The summed E-state index contributed by atoms with van der Waals surface area (Å²) >= 11 is 0. The van der Waals surface area contributed by atoms with Crippen molar-refractivity contribution in [3.63, 3.8) is 0 Å². The molecule has 1 saturated heterocycles. The first-order valence-corrected chi connectivity index (χ1v) is 11.7. The molecule has 5 nitrogen and oxygen atoms in total. The Kier molecular flexibility index (Phi) is 4.84. The fourth-order valence-electron chi connectivity index (χ4n) is 5.26. The van der Waals surface area contributed by atoms with Crippen LogP contribution in [0.3, 0.4) is 0 Å². The first-order valence-electron chi connectivity index (χ1n) is 11.7. The molecule has 6 rings (SSSR count). The van der Waals surface area contributed by atoms with Gasteiger partial charge in [-0.25, -0.2) is 0 Å². The van der Waals surface area contributed by atoms with Gasteiger partial charge in [-0.05, 0) is 65.3 Å². The predicted molar refractivity (Wildman–Crippen MR) is 136 cm³/mol. The third-order valence-electron chi connectivity index (χ3n) is 7.06. The highest BCUT2D eigenvalue weighted by molar-refractivity contribution is 6.25. The van der Waals surface area contributed by atoms with Crippen LogP contribution in [0.15, 0.2) is 84.9 Å². The Balaban J connectivity index is 1.17. The van der Waals surface area contributed by atoms with Gasteiger partial charge in [-0.3, -0.25) is 14.5 Å². The molecule has 1 unspecified atom stereocenters. The number of hydrogen-bond donors (Lipinski definition) is 1. The Labute approximate surface area is 198 Å². The van der Waals surface area contributed by atoms with Gasteiger partial charge in [0.25, 0.3) is 11.8 Å². The number of rotatable bonds is 4. The molecule has 0 bridgehead atoms. The minimum atomic E-state index is -0.180. The first-order chi connectivity index (χ1) is 16.6. The fourth-order valence-corrected chi connectivity index (χ4v) is 5.26. The topological polar surface area (TPSA) is 66.6 Å². The summed E-state index contributed by atoms with van der Waals surface area (Å²) in [5.41, 5.74) is 11.3. The molecule has 2 aliphatic heterocycles. The summed E-state index contributed by atoms with van der Waals surface area (Å²) in [6.07, 6.45) is 0.947. The van der Waals surface area contributed by atoms with Crippen LogP contribution in [0.25, 0.3) is 21.9 Å². The van der Waals surface area contributed by atoms with Crippen LogP contribution in [0.2, 0.25) is 0 Å². The van der Waals surface area contributed by atoms with E-state index in [0.29, 0.717) is 17.7 Å². The van der Waals surface area contributed by atoms with E-state index in [1.54, 1.807) is 0 Å². The SMILES string of the molecule is Nc1ccc(-c2ccc(N3CCC(CN4C(=O)c5cccc6cccc(c56)C4=O)C3)cc2)cc1. The summed E-state index contributed by atoms with van der Waals surface area (Å²) in [7, 11) is 0. The maximum atomic E-state index is 13.2. The summed E-state index contributed by atoms with van der Waals surface area (Å²) in [5.74, 6) is -0.115. The van der Waals surface area contributed by atoms with Crippen molar-refractivity contribution in [2.24, 2.45) is 5.92 Å². The van der Waals surface area contributed by atoms with Gasteiger partial charge in [-0.15, -0.1) is 0 Å². The van der Waals surface area contributed by atoms with Crippen molar-refractivity contribution in [1.82, 2.24) is 4.90 Å². The number of nitrogens with zero attached hydrogens (tertiary/aromatic N) is 2. The van der Waals surface area contributed by atoms with E-state index in [1.807, 2.05) is 60.7 Å². The van der Waals surface area contributed by atoms with Gasteiger partial charge in [0.1, 0.15) is 0 Å². The molecule has 0 spiro atoms. The molecule has 34 heavy (non-hydrogen) atoms. The lowest BCUT2D eigenvalue weighted by molar-refractivity contribution is 0.0589. The first kappa shape index (κ1) is 20.5. The monoisotopic (exact) mass is 447 g/mol. The van der Waals surface area contributed by atoms with Crippen LogP contribution in [0.5, 0.6) is 0 Å². The van der Waals surface area contributed by atoms with E-state index in [1.165, 1.54) is 4.90 Å². The second-order valence-electron chi connectivity index (χ2n) is 9.20. The number of imide groups is 1. The molecule has 0 saturated carbocycles. The van der Waals surface area contributed by atoms with Crippen LogP contribution in [0.4, 0.5) is 11.4 Å². The number of hydrogen-bond acceptors (Lipinski definition) is 4. The van der Waals surface area contributed by atoms with Crippen molar-refractivity contribution in [2.75, 3.05) is 30.3 Å². The molecule has 0 aliphatic carbocycles. The Morgan fingerprint density at radius 1 is 0.765 bits per heavy atom. The molecular weight excluding hydrogens is 422 g/mol. The van der Waals surface area contributed by atoms with Gasteiger partial charge in [-0.1, -0.05) is 48.5 Å². The second-order valence-corrected chi connectivity index (χ2v) is 9.20. The fraction of sp³-hybridized carbons (Fsp3) is 0.172. The van der Waals surface area contributed by atoms with Gasteiger partial charge >= 0.3 is 0 Å². The average Bonchev–Trinajstić information content (AvgIpc) is 3.34. The van der Waals surface area contributed by atoms with Crippen LogP contribution < -0.4 is 10.6 Å². The number of nitrogens with two attached hydrogens (primary N) is 1. The van der Waals surface area contributed by atoms with Crippen molar-refractivity contribution < 1.29 is 9.59 Å². The zero-order chi connectivity index (χ0) is 23.2. The Bertz CT molecular complexity index is 1360. The quantitative estimate of drug-likeness (QED) is 0.344. The zero-order valence-electron chi connectivity index (χ0n) is 18.8. The number of carbonyl (C=O) groups excluding carboxylic acids is 2. The van der Waals surface area contributed by atoms with Crippen LogP contribution in [-0.4, -0.2) is 36.3 Å². The van der Waals surface area contributed by atoms with Crippen LogP contribution in [0, 0.1) is 5.92 Å². The van der Waals surface area contributed by atoms with Crippen LogP contribution >= 0.6 is 0 Å². The summed E-state index contributed by atoms with van der Waals surface area (Å²) in [6.45, 7) is 2.18. The molecule has 0 radical (unpaired) electrons. The Morgan fingerprint density at radius 3 is 1.97 bits per heavy atom. The third-order valence-corrected chi connectivity index (χ3v) is 7.06. The molecule has 1 atom stereocenters. The van der Waals surface area contributed by atoms with Gasteiger partial charge in [0.05, 0.1) is 0 Å². The number of carbonyl (C=O) groups is 2. The van der Waals surface area contributed by atoms with E-state index in [-0.39, 0.29) is 17.7 Å². The highest BCUT2D eigenvalue weighted by atomic mass is 16.2. The van der Waals surface area contributed by atoms with Gasteiger partial charge in [0.15, 0.2) is 0 Å². The van der Waals surface area contributed by atoms with E-state index < -0.39 is 0 Å². The molecule has 168 valence electrons. The molecule has 0 aromatic heterocycles. The van der Waals surface area contributed by atoms with Gasteiger partial charge in [0.2, 0.25) is 0 Å². The molecule has 2 amide bonds. The normalized spacial score (nSPS) is 17.6. The summed E-state index contributed by atoms with van der Waals surface area (Å²) in [5, 5.41) is 1.72. The molecular formula is C29H25N3O2. The van der Waals surface area contributed by atoms with Crippen molar-refractivity contribution in [3.05, 3.63) is 96.1 Å². The van der Waals surface area contributed by atoms with Crippen molar-refractivity contribution >= 4 is 34.0 Å². The molecule has 1 fully saturated rings. The maximum absolute atomic E-state index is 13.2. The second kappa shape index (κ2) is 8.03. The Morgan fingerprint density at radius 2 is 1.35 bits per heavy atom. The highest BCUT2D eigenvalue weighted by Crippen LogP contribution is 2.32. The largest absolute Gasteiger partial charge is 0.399 e. The van der Waals surface area contributed by atoms with Gasteiger partial charge < -0.3 is 10.6 Å². The number of anilines is 2. The minimum absolute atomic E-state index is 0.180. The summed E-state index contributed by atoms with van der Waals surface area (Å²) < 4.78 is 0. The average molecular weight is 448 g/mol. The molecule has 4 aromatic carbocycles. The highest BCUT2D eigenvalue weighted by Gasteiger charge is 2.35. The smallest absolute Gasteiger partial charge is 0.261 e. The lowest BCUT2D eigenvalue weighted by atomic mass is 9.93. The number of benzene rings is 4. The number of nitrogen functional groups attached to an aromatic ring is 1. The van der Waals surface area contributed by atoms with E-state index in [9.17, 15) is 9.59 Å². The standard InChI is InChI=1S/C29H25N3O2/c30-23-11-7-20(8-12-23)21-9-13-24(14-10-21)31-16-15-19(17-31)18-32-28(33)25-5-1-3-22-4-2-6-26(27(22)25)29(32)34/h1-14,19H,15-18,30H2. The molecule has 2 N–H and O–H groups in total. The van der Waals surface area contributed by atoms with Crippen LogP contribution in [-0.2, 0) is 0 Å². The molecule has 5 heteroatoms. The van der Waals surface area contributed by atoms with E-state index in [2.05, 4.69) is 29.2 Å².